The number of nitrogens with zero attached hydrogens (tertiary/aromatic N) is 3. The van der Waals surface area contributed by atoms with Gasteiger partial charge in [-0.15, -0.1) is 24.2 Å². The number of thioether (sulfide) groups is 1. The van der Waals surface area contributed by atoms with E-state index in [4.69, 9.17) is 11.6 Å². The second kappa shape index (κ2) is 6.80. The van der Waals surface area contributed by atoms with Crippen molar-refractivity contribution < 1.29 is 0 Å². The number of hydrogen-bond donors (Lipinski definition) is 3. The van der Waals surface area contributed by atoms with Crippen LogP contribution >= 0.6 is 35.8 Å². The van der Waals surface area contributed by atoms with Gasteiger partial charge in [-0.25, -0.2) is 0 Å². The minimum Gasteiger partial charge on any atom is -0.365 e. The van der Waals surface area contributed by atoms with Crippen molar-refractivity contribution in [1.82, 2.24) is 25.5 Å². The Labute approximate surface area is 132 Å². The minimum atomic E-state index is 0. The summed E-state index contributed by atoms with van der Waals surface area (Å²) in [7, 11) is 0. The highest BCUT2D eigenvalue weighted by molar-refractivity contribution is 7.98. The van der Waals surface area contributed by atoms with Gasteiger partial charge >= 0.3 is 0 Å². The summed E-state index contributed by atoms with van der Waals surface area (Å²) in [6.07, 6.45) is 4.28. The van der Waals surface area contributed by atoms with E-state index in [1.54, 1.807) is 11.8 Å². The molecule has 0 aliphatic carbocycles. The second-order valence-electron chi connectivity index (χ2n) is 4.49. The Morgan fingerprint density at radius 2 is 2.25 bits per heavy atom. The zero-order valence-electron chi connectivity index (χ0n) is 10.9. The Morgan fingerprint density at radius 1 is 1.40 bits per heavy atom. The minimum absolute atomic E-state index is 0. The Bertz CT molecular complexity index is 584. The van der Waals surface area contributed by atoms with Gasteiger partial charge < -0.3 is 10.6 Å². The summed E-state index contributed by atoms with van der Waals surface area (Å²) in [5.74, 6) is 0.766. The number of anilines is 1. The Balaban J connectivity index is 0.00000147. The van der Waals surface area contributed by atoms with Crippen LogP contribution in [-0.4, -0.2) is 45.6 Å². The van der Waals surface area contributed by atoms with E-state index in [0.29, 0.717) is 11.7 Å². The van der Waals surface area contributed by atoms with Crippen LogP contribution in [0.1, 0.15) is 12.8 Å². The first-order valence-electron chi connectivity index (χ1n) is 6.21. The smallest absolute Gasteiger partial charge is 0.226 e. The summed E-state index contributed by atoms with van der Waals surface area (Å²) in [5.41, 5.74) is 0.676. The van der Waals surface area contributed by atoms with Crippen molar-refractivity contribution in [2.75, 3.05) is 24.7 Å². The molecule has 0 bridgehead atoms. The van der Waals surface area contributed by atoms with Gasteiger partial charge in [-0.3, -0.25) is 5.10 Å². The topological polar surface area (TPSA) is 78.5 Å². The van der Waals surface area contributed by atoms with Crippen molar-refractivity contribution in [1.29, 1.82) is 0 Å². The largest absolute Gasteiger partial charge is 0.365 e. The molecule has 1 saturated heterocycles. The Kier molecular flexibility index (Phi) is 5.31. The molecule has 2 aromatic rings. The van der Waals surface area contributed by atoms with Crippen molar-refractivity contribution in [3.05, 3.63) is 5.28 Å². The quantitative estimate of drug-likeness (QED) is 0.590. The van der Waals surface area contributed by atoms with Crippen LogP contribution in [0, 0.1) is 0 Å². The average Bonchev–Trinajstić information content (AvgIpc) is 2.82. The van der Waals surface area contributed by atoms with Crippen molar-refractivity contribution in [2.45, 2.75) is 23.9 Å². The van der Waals surface area contributed by atoms with Crippen molar-refractivity contribution in [3.63, 3.8) is 0 Å². The van der Waals surface area contributed by atoms with Crippen molar-refractivity contribution in [3.8, 4) is 0 Å². The van der Waals surface area contributed by atoms with Gasteiger partial charge in [0.2, 0.25) is 5.28 Å². The van der Waals surface area contributed by atoms with E-state index in [2.05, 4.69) is 30.8 Å². The zero-order valence-corrected chi connectivity index (χ0v) is 13.3. The van der Waals surface area contributed by atoms with Gasteiger partial charge in [-0.05, 0) is 37.2 Å². The molecule has 0 spiro atoms. The number of hydrogen-bond acceptors (Lipinski definition) is 6. The highest BCUT2D eigenvalue weighted by atomic mass is 35.5. The van der Waals surface area contributed by atoms with Crippen molar-refractivity contribution in [2.24, 2.45) is 0 Å². The summed E-state index contributed by atoms with van der Waals surface area (Å²) >= 11 is 7.53. The third-order valence-electron chi connectivity index (χ3n) is 3.19. The maximum absolute atomic E-state index is 5.96. The van der Waals surface area contributed by atoms with E-state index >= 15 is 0 Å². The first kappa shape index (κ1) is 15.6. The van der Waals surface area contributed by atoms with Crippen LogP contribution in [0.25, 0.3) is 11.0 Å². The number of rotatable bonds is 3. The lowest BCUT2D eigenvalue weighted by Crippen LogP contribution is -2.38. The molecular weight excluding hydrogens is 319 g/mol. The fraction of sp³-hybridized carbons (Fsp3) is 0.545. The van der Waals surface area contributed by atoms with Gasteiger partial charge in [-0.1, -0.05) is 0 Å². The molecule has 2 aromatic heterocycles. The van der Waals surface area contributed by atoms with Gasteiger partial charge in [0, 0.05) is 12.6 Å². The molecule has 6 nitrogen and oxygen atoms in total. The van der Waals surface area contributed by atoms with Gasteiger partial charge in [-0.2, -0.15) is 15.1 Å². The number of halogens is 2. The second-order valence-corrected chi connectivity index (χ2v) is 5.62. The van der Waals surface area contributed by atoms with Crippen LogP contribution in [0.4, 0.5) is 5.82 Å². The van der Waals surface area contributed by atoms with Gasteiger partial charge in [0.1, 0.15) is 10.8 Å². The number of fused-ring (bicyclic) bond motifs is 1. The number of nitrogens with one attached hydrogen (secondary N) is 3. The Morgan fingerprint density at radius 3 is 2.95 bits per heavy atom. The molecule has 1 atom stereocenters. The van der Waals surface area contributed by atoms with Crippen LogP contribution in [0.5, 0.6) is 0 Å². The maximum Gasteiger partial charge on any atom is 0.226 e. The molecule has 0 unspecified atom stereocenters. The molecule has 3 rings (SSSR count). The average molecular weight is 335 g/mol. The summed E-state index contributed by atoms with van der Waals surface area (Å²) < 4.78 is 0. The zero-order chi connectivity index (χ0) is 13.2. The fourth-order valence-corrected chi connectivity index (χ4v) is 3.00. The molecule has 20 heavy (non-hydrogen) atoms. The third-order valence-corrected chi connectivity index (χ3v) is 4.04. The molecule has 1 aliphatic heterocycles. The standard InChI is InChI=1S/C11H15ClN6S.ClH/c1-19-10-7-8(14-6-3-2-4-13-5-6)15-11(12)16-9(7)17-18-10;/h6,13H,2-5H2,1H3,(H2,14,15,16,17,18);1H/t6-;/m1./s1. The molecule has 3 N–H and O–H groups in total. The van der Waals surface area contributed by atoms with Crippen LogP contribution < -0.4 is 10.6 Å². The summed E-state index contributed by atoms with van der Waals surface area (Å²) in [5, 5.41) is 16.0. The molecular formula is C11H16Cl2N6S. The number of H-pyrrole nitrogens is 1. The molecule has 9 heteroatoms. The fourth-order valence-electron chi connectivity index (χ4n) is 2.30. The molecule has 0 radical (unpaired) electrons. The lowest BCUT2D eigenvalue weighted by Gasteiger charge is -2.24. The van der Waals surface area contributed by atoms with E-state index < -0.39 is 0 Å². The van der Waals surface area contributed by atoms with E-state index in [0.717, 1.165) is 35.7 Å². The maximum atomic E-state index is 5.96. The first-order chi connectivity index (χ1) is 9.28. The normalized spacial score (nSPS) is 18.8. The van der Waals surface area contributed by atoms with Gasteiger partial charge in [0.25, 0.3) is 0 Å². The molecule has 3 heterocycles. The van der Waals surface area contributed by atoms with E-state index in [1.165, 1.54) is 6.42 Å². The molecule has 0 saturated carbocycles. The lowest BCUT2D eigenvalue weighted by atomic mass is 10.1. The SMILES string of the molecule is CSc1n[nH]c2nc(Cl)nc(N[C@@H]3CCCNC3)c12.Cl. The van der Waals surface area contributed by atoms with E-state index in [9.17, 15) is 0 Å². The summed E-state index contributed by atoms with van der Waals surface area (Å²) in [6.45, 7) is 2.02. The number of aromatic amines is 1. The van der Waals surface area contributed by atoms with Crippen LogP contribution in [-0.2, 0) is 0 Å². The van der Waals surface area contributed by atoms with E-state index in [1.807, 2.05) is 6.26 Å². The summed E-state index contributed by atoms with van der Waals surface area (Å²) in [6, 6.07) is 0.368. The monoisotopic (exact) mass is 334 g/mol. The van der Waals surface area contributed by atoms with Gasteiger partial charge in [0.05, 0.1) is 5.39 Å². The third kappa shape index (κ3) is 3.11. The first-order valence-corrected chi connectivity index (χ1v) is 7.81. The van der Waals surface area contributed by atoms with Crippen molar-refractivity contribution >= 4 is 52.6 Å². The highest BCUT2D eigenvalue weighted by Gasteiger charge is 2.18. The Hall–Kier alpha value is -0.760. The molecule has 1 aliphatic rings. The molecule has 1 fully saturated rings. The highest BCUT2D eigenvalue weighted by Crippen LogP contribution is 2.29. The van der Waals surface area contributed by atoms with Crippen LogP contribution in [0.15, 0.2) is 5.03 Å². The predicted molar refractivity (Wildman–Crippen MR) is 85.2 cm³/mol. The molecule has 110 valence electrons. The summed E-state index contributed by atoms with van der Waals surface area (Å²) in [4.78, 5) is 8.48. The van der Waals surface area contributed by atoms with Gasteiger partial charge in [0.15, 0.2) is 5.65 Å². The number of aromatic nitrogens is 4. The van der Waals surface area contributed by atoms with Crippen LogP contribution in [0.3, 0.4) is 0 Å². The number of piperidine rings is 1. The predicted octanol–water partition coefficient (Wildman–Crippen LogP) is 2.31. The molecule has 0 amide bonds. The lowest BCUT2D eigenvalue weighted by molar-refractivity contribution is 0.479. The van der Waals surface area contributed by atoms with E-state index in [-0.39, 0.29) is 17.7 Å². The van der Waals surface area contributed by atoms with Crippen LogP contribution in [0.2, 0.25) is 5.28 Å². The molecule has 0 aromatic carbocycles.